The maximum atomic E-state index is 12.8. The first-order valence-corrected chi connectivity index (χ1v) is 8.11. The van der Waals surface area contributed by atoms with Crippen LogP contribution >= 0.6 is 11.6 Å². The third-order valence-electron chi connectivity index (χ3n) is 4.43. The first-order chi connectivity index (χ1) is 11.5. The number of urea groups is 1. The maximum Gasteiger partial charge on any atom is 0.316 e. The number of halogens is 1. The number of carbonyl (C=O) groups excluding carboxylic acids is 2. The third-order valence-corrected chi connectivity index (χ3v) is 4.66. The number of nitrogens with one attached hydrogen (secondary N) is 2. The summed E-state index contributed by atoms with van der Waals surface area (Å²) >= 11 is 6.08. The SMILES string of the molecule is NC(=O)Nc1ccc(NC(=O)C2(c3cccc(Cl)c3)CCC2)cc1. The van der Waals surface area contributed by atoms with Gasteiger partial charge in [0.25, 0.3) is 0 Å². The largest absolute Gasteiger partial charge is 0.351 e. The van der Waals surface area contributed by atoms with E-state index < -0.39 is 11.4 Å². The summed E-state index contributed by atoms with van der Waals surface area (Å²) in [6.45, 7) is 0. The van der Waals surface area contributed by atoms with Gasteiger partial charge in [-0.05, 0) is 54.8 Å². The van der Waals surface area contributed by atoms with E-state index in [4.69, 9.17) is 17.3 Å². The predicted octanol–water partition coefficient (Wildman–Crippen LogP) is 3.89. The van der Waals surface area contributed by atoms with Gasteiger partial charge >= 0.3 is 6.03 Å². The summed E-state index contributed by atoms with van der Waals surface area (Å²) in [6, 6.07) is 13.7. The van der Waals surface area contributed by atoms with Gasteiger partial charge in [-0.25, -0.2) is 4.79 Å². The molecule has 3 amide bonds. The van der Waals surface area contributed by atoms with Crippen molar-refractivity contribution >= 4 is 34.9 Å². The molecule has 24 heavy (non-hydrogen) atoms. The number of benzene rings is 2. The molecule has 0 atom stereocenters. The number of nitrogens with two attached hydrogens (primary N) is 1. The molecule has 5 nitrogen and oxygen atoms in total. The van der Waals surface area contributed by atoms with Crippen molar-refractivity contribution < 1.29 is 9.59 Å². The first-order valence-electron chi connectivity index (χ1n) is 7.74. The second-order valence-electron chi connectivity index (χ2n) is 5.97. The summed E-state index contributed by atoms with van der Waals surface area (Å²) in [5.41, 5.74) is 6.75. The summed E-state index contributed by atoms with van der Waals surface area (Å²) in [4.78, 5) is 23.7. The minimum Gasteiger partial charge on any atom is -0.351 e. The van der Waals surface area contributed by atoms with Crippen LogP contribution in [0.2, 0.25) is 5.02 Å². The van der Waals surface area contributed by atoms with Crippen molar-refractivity contribution in [2.24, 2.45) is 5.73 Å². The molecule has 0 aliphatic heterocycles. The Labute approximate surface area is 145 Å². The molecule has 2 aromatic rings. The van der Waals surface area contributed by atoms with Crippen LogP contribution in [0.5, 0.6) is 0 Å². The molecule has 0 unspecified atom stereocenters. The molecular formula is C18H18ClN3O2. The molecule has 1 fully saturated rings. The quantitative estimate of drug-likeness (QED) is 0.786. The lowest BCUT2D eigenvalue weighted by Gasteiger charge is -2.40. The van der Waals surface area contributed by atoms with Crippen LogP contribution in [-0.2, 0) is 10.2 Å². The van der Waals surface area contributed by atoms with Crippen LogP contribution in [-0.4, -0.2) is 11.9 Å². The molecule has 1 saturated carbocycles. The zero-order valence-corrected chi connectivity index (χ0v) is 13.8. The normalized spacial score (nSPS) is 15.2. The minimum absolute atomic E-state index is 0.0355. The standard InChI is InChI=1S/C18H18ClN3O2/c19-13-4-1-3-12(11-13)18(9-2-10-18)16(23)21-14-5-7-15(8-6-14)22-17(20)24/h1,3-8,11H,2,9-10H2,(H,21,23)(H3,20,22,24). The van der Waals surface area contributed by atoms with Gasteiger partial charge in [0.15, 0.2) is 0 Å². The van der Waals surface area contributed by atoms with E-state index in [0.29, 0.717) is 16.4 Å². The van der Waals surface area contributed by atoms with E-state index in [0.717, 1.165) is 24.8 Å². The molecule has 0 bridgehead atoms. The van der Waals surface area contributed by atoms with E-state index in [1.165, 1.54) is 0 Å². The molecule has 0 spiro atoms. The number of carbonyl (C=O) groups is 2. The monoisotopic (exact) mass is 343 g/mol. The average Bonchev–Trinajstić information content (AvgIpc) is 2.48. The van der Waals surface area contributed by atoms with E-state index in [1.54, 1.807) is 30.3 Å². The summed E-state index contributed by atoms with van der Waals surface area (Å²) in [5, 5.41) is 6.07. The molecule has 0 radical (unpaired) electrons. The zero-order valence-electron chi connectivity index (χ0n) is 13.0. The van der Waals surface area contributed by atoms with Crippen molar-refractivity contribution in [2.75, 3.05) is 10.6 Å². The smallest absolute Gasteiger partial charge is 0.316 e. The van der Waals surface area contributed by atoms with Crippen LogP contribution in [0, 0.1) is 0 Å². The van der Waals surface area contributed by atoms with E-state index in [9.17, 15) is 9.59 Å². The highest BCUT2D eigenvalue weighted by Crippen LogP contribution is 2.45. The van der Waals surface area contributed by atoms with E-state index in [1.807, 2.05) is 18.2 Å². The fourth-order valence-corrected chi connectivity index (χ4v) is 3.18. The van der Waals surface area contributed by atoms with Crippen molar-refractivity contribution in [3.63, 3.8) is 0 Å². The van der Waals surface area contributed by atoms with Crippen LogP contribution in [0.3, 0.4) is 0 Å². The molecule has 0 saturated heterocycles. The molecule has 6 heteroatoms. The Hall–Kier alpha value is -2.53. The topological polar surface area (TPSA) is 84.2 Å². The van der Waals surface area contributed by atoms with Crippen molar-refractivity contribution in [2.45, 2.75) is 24.7 Å². The summed E-state index contributed by atoms with van der Waals surface area (Å²) in [5.74, 6) is -0.0355. The number of amides is 3. The zero-order chi connectivity index (χ0) is 17.2. The number of hydrogen-bond donors (Lipinski definition) is 3. The Morgan fingerprint density at radius 2 is 1.62 bits per heavy atom. The molecule has 0 heterocycles. The van der Waals surface area contributed by atoms with Gasteiger partial charge in [-0.15, -0.1) is 0 Å². The molecule has 1 aliphatic carbocycles. The molecule has 124 valence electrons. The number of rotatable bonds is 4. The lowest BCUT2D eigenvalue weighted by atomic mass is 9.64. The van der Waals surface area contributed by atoms with E-state index >= 15 is 0 Å². The van der Waals surface area contributed by atoms with Crippen LogP contribution in [0.4, 0.5) is 16.2 Å². The third kappa shape index (κ3) is 3.21. The Morgan fingerprint density at radius 1 is 1.00 bits per heavy atom. The van der Waals surface area contributed by atoms with E-state index in [2.05, 4.69) is 10.6 Å². The lowest BCUT2D eigenvalue weighted by molar-refractivity contribution is -0.124. The Kier molecular flexibility index (Phi) is 4.44. The molecule has 1 aliphatic rings. The van der Waals surface area contributed by atoms with E-state index in [-0.39, 0.29) is 5.91 Å². The number of hydrogen-bond acceptors (Lipinski definition) is 2. The van der Waals surface area contributed by atoms with Gasteiger partial charge in [-0.3, -0.25) is 4.79 Å². The average molecular weight is 344 g/mol. The maximum absolute atomic E-state index is 12.8. The van der Waals surface area contributed by atoms with Crippen molar-refractivity contribution in [3.8, 4) is 0 Å². The first kappa shape index (κ1) is 16.3. The van der Waals surface area contributed by atoms with Gasteiger partial charge in [-0.2, -0.15) is 0 Å². The highest BCUT2D eigenvalue weighted by Gasteiger charge is 2.45. The Balaban J connectivity index is 1.77. The van der Waals surface area contributed by atoms with Crippen molar-refractivity contribution in [3.05, 3.63) is 59.1 Å². The van der Waals surface area contributed by atoms with Crippen molar-refractivity contribution in [1.29, 1.82) is 0 Å². The lowest BCUT2D eigenvalue weighted by Crippen LogP contribution is -2.46. The van der Waals surface area contributed by atoms with Crippen molar-refractivity contribution in [1.82, 2.24) is 0 Å². The summed E-state index contributed by atoms with van der Waals surface area (Å²) in [7, 11) is 0. The van der Waals surface area contributed by atoms with Gasteiger partial charge in [0.1, 0.15) is 0 Å². The summed E-state index contributed by atoms with van der Waals surface area (Å²) < 4.78 is 0. The number of primary amides is 1. The summed E-state index contributed by atoms with van der Waals surface area (Å²) in [6.07, 6.45) is 2.63. The molecule has 2 aromatic carbocycles. The van der Waals surface area contributed by atoms with Gasteiger partial charge in [-0.1, -0.05) is 30.2 Å². The van der Waals surface area contributed by atoms with Gasteiger partial charge in [0.2, 0.25) is 5.91 Å². The number of anilines is 2. The second-order valence-corrected chi connectivity index (χ2v) is 6.40. The van der Waals surface area contributed by atoms with Gasteiger partial charge in [0, 0.05) is 16.4 Å². The molecule has 3 rings (SSSR count). The van der Waals surface area contributed by atoms with Crippen LogP contribution < -0.4 is 16.4 Å². The Bertz CT molecular complexity index is 770. The Morgan fingerprint density at radius 3 is 2.12 bits per heavy atom. The molecular weight excluding hydrogens is 326 g/mol. The molecule has 4 N–H and O–H groups in total. The van der Waals surface area contributed by atoms with Gasteiger partial charge in [0.05, 0.1) is 5.41 Å². The second kappa shape index (κ2) is 6.53. The van der Waals surface area contributed by atoms with Crippen LogP contribution in [0.25, 0.3) is 0 Å². The molecule has 0 aromatic heterocycles. The van der Waals surface area contributed by atoms with Crippen LogP contribution in [0.15, 0.2) is 48.5 Å². The predicted molar refractivity (Wildman–Crippen MR) is 95.3 cm³/mol. The highest BCUT2D eigenvalue weighted by molar-refractivity contribution is 6.30. The van der Waals surface area contributed by atoms with Crippen LogP contribution in [0.1, 0.15) is 24.8 Å². The highest BCUT2D eigenvalue weighted by atomic mass is 35.5. The fourth-order valence-electron chi connectivity index (χ4n) is 2.99. The van der Waals surface area contributed by atoms with Gasteiger partial charge < -0.3 is 16.4 Å². The minimum atomic E-state index is -0.624. The fraction of sp³-hybridized carbons (Fsp3) is 0.222.